The fourth-order valence-electron chi connectivity index (χ4n) is 3.68. The van der Waals surface area contributed by atoms with Gasteiger partial charge in [0.2, 0.25) is 5.95 Å². The van der Waals surface area contributed by atoms with Crippen molar-refractivity contribution in [2.45, 2.75) is 34.1 Å². The van der Waals surface area contributed by atoms with Crippen LogP contribution >= 0.6 is 0 Å². The topological polar surface area (TPSA) is 124 Å². The van der Waals surface area contributed by atoms with E-state index in [4.69, 9.17) is 16.7 Å². The first kappa shape index (κ1) is 22.5. The molecule has 0 fully saturated rings. The van der Waals surface area contributed by atoms with Crippen molar-refractivity contribution in [1.82, 2.24) is 14.5 Å². The van der Waals surface area contributed by atoms with Crippen LogP contribution in [0.15, 0.2) is 53.3 Å². The van der Waals surface area contributed by atoms with E-state index in [0.717, 1.165) is 39.7 Å². The summed E-state index contributed by atoms with van der Waals surface area (Å²) in [5.41, 5.74) is 15.7. The van der Waals surface area contributed by atoms with E-state index in [-0.39, 0.29) is 17.3 Å². The Bertz CT molecular complexity index is 1380. The van der Waals surface area contributed by atoms with Gasteiger partial charge in [-0.15, -0.1) is 0 Å². The van der Waals surface area contributed by atoms with Gasteiger partial charge in [-0.25, -0.2) is 4.98 Å². The van der Waals surface area contributed by atoms with Crippen molar-refractivity contribution >= 4 is 22.5 Å². The Balaban J connectivity index is 0.000000222. The molecule has 0 atom stereocenters. The van der Waals surface area contributed by atoms with Gasteiger partial charge in [0.15, 0.2) is 0 Å². The summed E-state index contributed by atoms with van der Waals surface area (Å²) in [5.74, 6) is 0.233. The Morgan fingerprint density at radius 3 is 2.31 bits per heavy atom. The molecule has 0 unspecified atom stereocenters. The van der Waals surface area contributed by atoms with Crippen LogP contribution < -0.4 is 17.0 Å². The first-order valence-corrected chi connectivity index (χ1v) is 10.3. The minimum Gasteiger partial charge on any atom is -0.382 e. The molecule has 7 heteroatoms. The quantitative estimate of drug-likeness (QED) is 0.499. The average molecular weight is 427 g/mol. The molecule has 162 valence electrons. The van der Waals surface area contributed by atoms with Crippen LogP contribution in [-0.4, -0.2) is 14.5 Å². The van der Waals surface area contributed by atoms with Crippen LogP contribution in [0, 0.1) is 32.1 Å². The second kappa shape index (κ2) is 9.31. The molecule has 0 saturated carbocycles. The molecule has 0 aliphatic rings. The third-order valence-electron chi connectivity index (χ3n) is 5.30. The molecule has 0 aliphatic carbocycles. The molecule has 4 rings (SSSR count). The average Bonchev–Trinajstić information content (AvgIpc) is 2.74. The van der Waals surface area contributed by atoms with E-state index in [1.807, 2.05) is 66.9 Å². The van der Waals surface area contributed by atoms with Gasteiger partial charge in [0.1, 0.15) is 17.5 Å². The predicted octanol–water partition coefficient (Wildman–Crippen LogP) is 3.99. The Kier molecular flexibility index (Phi) is 6.55. The van der Waals surface area contributed by atoms with Gasteiger partial charge in [0.25, 0.3) is 5.56 Å². The van der Waals surface area contributed by atoms with Gasteiger partial charge in [-0.3, -0.25) is 9.36 Å². The zero-order chi connectivity index (χ0) is 23.4. The zero-order valence-corrected chi connectivity index (χ0v) is 18.7. The Morgan fingerprint density at radius 1 is 1.00 bits per heavy atom. The molecular formula is C25H26N6O. The molecule has 0 amide bonds. The number of nitriles is 1. The van der Waals surface area contributed by atoms with Crippen molar-refractivity contribution in [3.05, 3.63) is 87.0 Å². The lowest BCUT2D eigenvalue weighted by molar-refractivity contribution is 0.882. The summed E-state index contributed by atoms with van der Waals surface area (Å²) in [4.78, 5) is 20.4. The molecule has 4 aromatic rings. The number of aromatic nitrogens is 3. The number of para-hydroxylation sites is 1. The lowest BCUT2D eigenvalue weighted by Gasteiger charge is -2.16. The van der Waals surface area contributed by atoms with Gasteiger partial charge in [-0.1, -0.05) is 43.3 Å². The Labute approximate surface area is 187 Å². The van der Waals surface area contributed by atoms with Gasteiger partial charge in [-0.2, -0.15) is 10.2 Å². The molecule has 0 aliphatic heterocycles. The van der Waals surface area contributed by atoms with E-state index in [9.17, 15) is 4.79 Å². The second-order valence-electron chi connectivity index (χ2n) is 7.49. The van der Waals surface area contributed by atoms with Gasteiger partial charge in [-0.05, 0) is 55.8 Å². The normalized spacial score (nSPS) is 10.3. The van der Waals surface area contributed by atoms with Crippen LogP contribution in [0.4, 0.5) is 11.8 Å². The summed E-state index contributed by atoms with van der Waals surface area (Å²) in [6, 6.07) is 18.1. The molecular weight excluding hydrogens is 400 g/mol. The van der Waals surface area contributed by atoms with E-state index in [1.165, 1.54) is 0 Å². The highest BCUT2D eigenvalue weighted by Gasteiger charge is 2.12. The number of nitrogens with zero attached hydrogens (tertiary/aromatic N) is 4. The number of benzene rings is 2. The van der Waals surface area contributed by atoms with Gasteiger partial charge < -0.3 is 11.5 Å². The number of pyridine rings is 1. The van der Waals surface area contributed by atoms with Crippen LogP contribution in [0.5, 0.6) is 0 Å². The number of hydrogen-bond acceptors (Lipinski definition) is 6. The summed E-state index contributed by atoms with van der Waals surface area (Å²) in [7, 11) is 0. The maximum atomic E-state index is 13.0. The summed E-state index contributed by atoms with van der Waals surface area (Å²) in [6.45, 7) is 7.79. The highest BCUT2D eigenvalue weighted by atomic mass is 16.1. The summed E-state index contributed by atoms with van der Waals surface area (Å²) in [6.07, 6.45) is 0.827. The van der Waals surface area contributed by atoms with Crippen LogP contribution in [0.2, 0.25) is 0 Å². The number of rotatable bonds is 2. The molecule has 0 radical (unpaired) electrons. The Hall–Kier alpha value is -4.18. The molecule has 2 aromatic carbocycles. The number of fused-ring (bicyclic) bond motifs is 1. The molecule has 32 heavy (non-hydrogen) atoms. The SMILES string of the molecule is CCc1cc2cccc(C)c2c(=O)n1-c1ccccc1C.Cc1nc(N)nc(N)c1C#N. The first-order chi connectivity index (χ1) is 15.3. The van der Waals surface area contributed by atoms with E-state index < -0.39 is 0 Å². The van der Waals surface area contributed by atoms with Gasteiger partial charge >= 0.3 is 0 Å². The lowest BCUT2D eigenvalue weighted by atomic mass is 10.0. The van der Waals surface area contributed by atoms with Crippen molar-refractivity contribution in [3.8, 4) is 11.8 Å². The fraction of sp³-hybridized carbons (Fsp3) is 0.200. The molecule has 0 bridgehead atoms. The van der Waals surface area contributed by atoms with Crippen molar-refractivity contribution in [1.29, 1.82) is 5.26 Å². The summed E-state index contributed by atoms with van der Waals surface area (Å²) in [5, 5.41) is 10.4. The summed E-state index contributed by atoms with van der Waals surface area (Å²) < 4.78 is 1.87. The van der Waals surface area contributed by atoms with Crippen LogP contribution in [0.1, 0.15) is 35.0 Å². The third-order valence-corrected chi connectivity index (χ3v) is 5.30. The van der Waals surface area contributed by atoms with E-state index in [2.05, 4.69) is 23.0 Å². The molecule has 2 heterocycles. The van der Waals surface area contributed by atoms with Crippen LogP contribution in [0.3, 0.4) is 0 Å². The highest BCUT2D eigenvalue weighted by molar-refractivity contribution is 5.85. The third kappa shape index (κ3) is 4.30. The van der Waals surface area contributed by atoms with Crippen LogP contribution in [0.25, 0.3) is 16.5 Å². The maximum Gasteiger partial charge on any atom is 0.263 e. The van der Waals surface area contributed by atoms with Crippen molar-refractivity contribution in [2.24, 2.45) is 0 Å². The molecule has 2 aromatic heterocycles. The van der Waals surface area contributed by atoms with Crippen molar-refractivity contribution in [3.63, 3.8) is 0 Å². The van der Waals surface area contributed by atoms with E-state index >= 15 is 0 Å². The lowest BCUT2D eigenvalue weighted by Crippen LogP contribution is -2.23. The summed E-state index contributed by atoms with van der Waals surface area (Å²) >= 11 is 0. The number of aryl methyl sites for hydroxylation is 4. The minimum absolute atomic E-state index is 0.0803. The monoisotopic (exact) mass is 426 g/mol. The second-order valence-corrected chi connectivity index (χ2v) is 7.49. The molecule has 4 N–H and O–H groups in total. The van der Waals surface area contributed by atoms with Crippen LogP contribution in [-0.2, 0) is 6.42 Å². The highest BCUT2D eigenvalue weighted by Crippen LogP contribution is 2.21. The number of anilines is 2. The number of hydrogen-bond donors (Lipinski definition) is 2. The van der Waals surface area contributed by atoms with Crippen molar-refractivity contribution < 1.29 is 0 Å². The van der Waals surface area contributed by atoms with Crippen molar-refractivity contribution in [2.75, 3.05) is 11.5 Å². The van der Waals surface area contributed by atoms with Gasteiger partial charge in [0.05, 0.1) is 16.8 Å². The molecule has 0 spiro atoms. The van der Waals surface area contributed by atoms with Gasteiger partial charge in [0, 0.05) is 5.69 Å². The molecule has 7 nitrogen and oxygen atoms in total. The van der Waals surface area contributed by atoms with E-state index in [0.29, 0.717) is 11.3 Å². The number of nitrogen functional groups attached to an aromatic ring is 2. The first-order valence-electron chi connectivity index (χ1n) is 10.3. The zero-order valence-electron chi connectivity index (χ0n) is 18.7. The van der Waals surface area contributed by atoms with E-state index in [1.54, 1.807) is 6.92 Å². The fourth-order valence-corrected chi connectivity index (χ4v) is 3.68. The molecule has 0 saturated heterocycles. The minimum atomic E-state index is 0.0803. The predicted molar refractivity (Wildman–Crippen MR) is 129 cm³/mol. The Morgan fingerprint density at radius 2 is 1.69 bits per heavy atom. The number of nitrogens with two attached hydrogens (primary N) is 2. The largest absolute Gasteiger partial charge is 0.382 e. The smallest absolute Gasteiger partial charge is 0.263 e. The maximum absolute atomic E-state index is 13.0. The standard InChI is InChI=1S/C19H19NO.C6H7N5/c1-4-16-12-15-10-7-9-14(3)18(15)19(21)20(16)17-11-6-5-8-13(17)2;1-3-4(2-7)5(8)11-6(9)10-3/h5-12H,4H2,1-3H3;1H3,(H4,8,9,10,11).